The quantitative estimate of drug-likeness (QED) is 0.431. The van der Waals surface area contributed by atoms with Crippen molar-refractivity contribution in [3.8, 4) is 11.5 Å². The van der Waals surface area contributed by atoms with Crippen molar-refractivity contribution in [2.45, 2.75) is 13.3 Å². The third kappa shape index (κ3) is 4.70. The minimum Gasteiger partial charge on any atom is -0.493 e. The summed E-state index contributed by atoms with van der Waals surface area (Å²) < 4.78 is 42.3. The van der Waals surface area contributed by atoms with Crippen molar-refractivity contribution in [3.05, 3.63) is 34.2 Å². The second-order valence-electron chi connectivity index (χ2n) is 4.98. The molecule has 0 bridgehead atoms. The normalized spacial score (nSPS) is 11.6. The summed E-state index contributed by atoms with van der Waals surface area (Å²) in [4.78, 5) is 11.4. The van der Waals surface area contributed by atoms with Crippen molar-refractivity contribution >= 4 is 21.1 Å². The van der Waals surface area contributed by atoms with Gasteiger partial charge in [-0.05, 0) is 18.6 Å². The number of hydrogen-bond acceptors (Lipinski definition) is 7. The van der Waals surface area contributed by atoms with Gasteiger partial charge in [0, 0.05) is 23.9 Å². The molecular weight excluding hydrogens is 324 g/mol. The molecule has 2 aromatic rings. The molecule has 2 rings (SSSR count). The maximum Gasteiger partial charge on any atom is 0.336 e. The Labute approximate surface area is 133 Å². The molecule has 126 valence electrons. The van der Waals surface area contributed by atoms with Crippen LogP contribution in [0, 0.1) is 6.92 Å². The molecule has 0 aliphatic carbocycles. The van der Waals surface area contributed by atoms with Gasteiger partial charge in [-0.2, -0.15) is 8.42 Å². The Morgan fingerprint density at radius 1 is 1.13 bits per heavy atom. The highest BCUT2D eigenvalue weighted by Crippen LogP contribution is 2.33. The minimum atomic E-state index is -3.44. The van der Waals surface area contributed by atoms with E-state index < -0.39 is 15.7 Å². The smallest absolute Gasteiger partial charge is 0.336 e. The summed E-state index contributed by atoms with van der Waals surface area (Å²) in [7, 11) is -1.96. The second kappa shape index (κ2) is 7.01. The molecule has 1 heterocycles. The number of benzene rings is 1. The van der Waals surface area contributed by atoms with Crippen LogP contribution in [0.25, 0.3) is 11.0 Å². The Morgan fingerprint density at radius 3 is 2.52 bits per heavy atom. The lowest BCUT2D eigenvalue weighted by molar-refractivity contribution is 0.244. The average Bonchev–Trinajstić information content (AvgIpc) is 2.45. The lowest BCUT2D eigenvalue weighted by atomic mass is 10.1. The summed E-state index contributed by atoms with van der Waals surface area (Å²) in [6, 6.07) is 4.72. The fourth-order valence-corrected chi connectivity index (χ4v) is 2.47. The molecule has 0 saturated carbocycles. The van der Waals surface area contributed by atoms with E-state index in [1.165, 1.54) is 13.2 Å². The molecule has 0 aliphatic heterocycles. The van der Waals surface area contributed by atoms with Gasteiger partial charge < -0.3 is 13.9 Å². The summed E-state index contributed by atoms with van der Waals surface area (Å²) >= 11 is 0. The van der Waals surface area contributed by atoms with Crippen molar-refractivity contribution in [2.24, 2.45) is 0 Å². The number of hydrogen-bond donors (Lipinski definition) is 0. The molecule has 0 spiro atoms. The van der Waals surface area contributed by atoms with E-state index in [4.69, 9.17) is 13.9 Å². The van der Waals surface area contributed by atoms with Crippen LogP contribution in [-0.2, 0) is 14.3 Å². The molecule has 1 aromatic heterocycles. The van der Waals surface area contributed by atoms with Crippen LogP contribution >= 0.6 is 0 Å². The highest BCUT2D eigenvalue weighted by molar-refractivity contribution is 7.85. The molecule has 0 aliphatic rings. The molecular formula is C15H18O7S. The Bertz CT molecular complexity index is 852. The maximum atomic E-state index is 11.4. The molecule has 0 unspecified atom stereocenters. The average molecular weight is 342 g/mol. The van der Waals surface area contributed by atoms with Gasteiger partial charge in [0.05, 0.1) is 26.6 Å². The number of aryl methyl sites for hydroxylation is 1. The van der Waals surface area contributed by atoms with E-state index in [9.17, 15) is 13.2 Å². The second-order valence-corrected chi connectivity index (χ2v) is 6.62. The van der Waals surface area contributed by atoms with Crippen LogP contribution in [0.1, 0.15) is 12.0 Å². The number of ether oxygens (including phenoxy) is 2. The van der Waals surface area contributed by atoms with Gasteiger partial charge in [0.15, 0.2) is 11.5 Å². The van der Waals surface area contributed by atoms with Crippen LogP contribution in [0.4, 0.5) is 0 Å². The molecule has 0 radical (unpaired) electrons. The fourth-order valence-electron chi connectivity index (χ4n) is 2.05. The zero-order chi connectivity index (χ0) is 17.0. The number of fused-ring (bicyclic) bond motifs is 1. The Kier molecular flexibility index (Phi) is 5.27. The summed E-state index contributed by atoms with van der Waals surface area (Å²) in [5.41, 5.74) is 0.757. The van der Waals surface area contributed by atoms with Crippen LogP contribution in [0.2, 0.25) is 0 Å². The van der Waals surface area contributed by atoms with E-state index in [1.807, 2.05) is 0 Å². The maximum absolute atomic E-state index is 11.4. The van der Waals surface area contributed by atoms with E-state index in [1.54, 1.807) is 19.1 Å². The van der Waals surface area contributed by atoms with Gasteiger partial charge in [-0.1, -0.05) is 0 Å². The first-order valence-electron chi connectivity index (χ1n) is 6.90. The SMILES string of the molecule is COc1cc2oc(=O)cc(C)c2cc1OCCCOS(C)(=O)=O. The molecule has 0 fully saturated rings. The summed E-state index contributed by atoms with van der Waals surface area (Å²) in [6.07, 6.45) is 1.40. The molecule has 0 amide bonds. The van der Waals surface area contributed by atoms with Crippen molar-refractivity contribution in [2.75, 3.05) is 26.6 Å². The van der Waals surface area contributed by atoms with Crippen molar-refractivity contribution in [1.82, 2.24) is 0 Å². The third-order valence-electron chi connectivity index (χ3n) is 3.08. The zero-order valence-corrected chi connectivity index (χ0v) is 13.9. The first-order chi connectivity index (χ1) is 10.8. The van der Waals surface area contributed by atoms with Gasteiger partial charge in [0.1, 0.15) is 5.58 Å². The van der Waals surface area contributed by atoms with Crippen molar-refractivity contribution in [1.29, 1.82) is 0 Å². The topological polar surface area (TPSA) is 92.0 Å². The van der Waals surface area contributed by atoms with Crippen LogP contribution in [0.5, 0.6) is 11.5 Å². The van der Waals surface area contributed by atoms with E-state index >= 15 is 0 Å². The van der Waals surface area contributed by atoms with Gasteiger partial charge >= 0.3 is 5.63 Å². The van der Waals surface area contributed by atoms with Crippen LogP contribution < -0.4 is 15.1 Å². The lowest BCUT2D eigenvalue weighted by Crippen LogP contribution is -2.08. The van der Waals surface area contributed by atoms with Crippen molar-refractivity contribution in [3.63, 3.8) is 0 Å². The van der Waals surface area contributed by atoms with Gasteiger partial charge in [-0.15, -0.1) is 0 Å². The number of rotatable bonds is 7. The monoisotopic (exact) mass is 342 g/mol. The largest absolute Gasteiger partial charge is 0.493 e. The first kappa shape index (κ1) is 17.3. The predicted molar refractivity (Wildman–Crippen MR) is 84.7 cm³/mol. The van der Waals surface area contributed by atoms with Crippen LogP contribution in [0.3, 0.4) is 0 Å². The van der Waals surface area contributed by atoms with Gasteiger partial charge in [-0.25, -0.2) is 4.79 Å². The van der Waals surface area contributed by atoms with E-state index in [0.717, 1.165) is 17.2 Å². The van der Waals surface area contributed by atoms with E-state index in [0.29, 0.717) is 23.5 Å². The summed E-state index contributed by atoms with van der Waals surface area (Å²) in [5.74, 6) is 0.909. The molecule has 7 nitrogen and oxygen atoms in total. The minimum absolute atomic E-state index is 0.0443. The molecule has 0 saturated heterocycles. The van der Waals surface area contributed by atoms with Crippen LogP contribution in [-0.4, -0.2) is 35.0 Å². The van der Waals surface area contributed by atoms with E-state index in [2.05, 4.69) is 4.18 Å². The lowest BCUT2D eigenvalue weighted by Gasteiger charge is -2.12. The highest BCUT2D eigenvalue weighted by Gasteiger charge is 2.11. The molecule has 0 atom stereocenters. The number of methoxy groups -OCH3 is 1. The van der Waals surface area contributed by atoms with Crippen molar-refractivity contribution < 1.29 is 26.5 Å². The predicted octanol–water partition coefficient (Wildman–Crippen LogP) is 1.86. The molecule has 8 heteroatoms. The Morgan fingerprint density at radius 2 is 1.87 bits per heavy atom. The standard InChI is InChI=1S/C15H18O7S/c1-10-7-15(16)22-12-9-13(19-2)14(8-11(10)12)20-5-4-6-21-23(3,17)18/h7-9H,4-6H2,1-3H3. The van der Waals surface area contributed by atoms with E-state index in [-0.39, 0.29) is 13.2 Å². The Balaban J connectivity index is 2.15. The van der Waals surface area contributed by atoms with Gasteiger partial charge in [0.2, 0.25) is 0 Å². The summed E-state index contributed by atoms with van der Waals surface area (Å²) in [5, 5.41) is 0.743. The van der Waals surface area contributed by atoms with Gasteiger partial charge in [0.25, 0.3) is 10.1 Å². The first-order valence-corrected chi connectivity index (χ1v) is 8.71. The molecule has 0 N–H and O–H groups in total. The molecule has 1 aromatic carbocycles. The Hall–Kier alpha value is -2.06. The van der Waals surface area contributed by atoms with Gasteiger partial charge in [-0.3, -0.25) is 4.18 Å². The fraction of sp³-hybridized carbons (Fsp3) is 0.400. The zero-order valence-electron chi connectivity index (χ0n) is 13.1. The molecule has 23 heavy (non-hydrogen) atoms. The third-order valence-corrected chi connectivity index (χ3v) is 3.67. The highest BCUT2D eigenvalue weighted by atomic mass is 32.2. The van der Waals surface area contributed by atoms with Crippen LogP contribution in [0.15, 0.2) is 27.4 Å². The summed E-state index contributed by atoms with van der Waals surface area (Å²) in [6.45, 7) is 2.10.